The quantitative estimate of drug-likeness (QED) is 0.882. The van der Waals surface area contributed by atoms with Crippen LogP contribution in [0.15, 0.2) is 18.2 Å². The van der Waals surface area contributed by atoms with Crippen molar-refractivity contribution in [3.8, 4) is 0 Å². The van der Waals surface area contributed by atoms with Crippen molar-refractivity contribution < 1.29 is 14.3 Å². The third-order valence-electron chi connectivity index (χ3n) is 2.87. The van der Waals surface area contributed by atoms with Gasteiger partial charge >= 0.3 is 6.03 Å². The summed E-state index contributed by atoms with van der Waals surface area (Å²) < 4.78 is 12.9. The zero-order chi connectivity index (χ0) is 13.8. The van der Waals surface area contributed by atoms with E-state index in [-0.39, 0.29) is 23.7 Å². The fraction of sp³-hybridized carbons (Fsp3) is 0.417. The molecule has 4 nitrogen and oxygen atoms in total. The second-order valence-corrected chi connectivity index (χ2v) is 5.72. The van der Waals surface area contributed by atoms with Gasteiger partial charge in [-0.1, -0.05) is 11.6 Å². The SMILES string of the molecule is O=C(Nc1ccc(F)cc1Cl)N1CCSCC1CO. The summed E-state index contributed by atoms with van der Waals surface area (Å²) in [5.74, 6) is 1.09. The van der Waals surface area contributed by atoms with E-state index in [1.165, 1.54) is 12.1 Å². The molecule has 2 amide bonds. The summed E-state index contributed by atoms with van der Waals surface area (Å²) in [7, 11) is 0. The minimum Gasteiger partial charge on any atom is -0.394 e. The number of halogens is 2. The van der Waals surface area contributed by atoms with Crippen LogP contribution in [0.2, 0.25) is 5.02 Å². The number of anilines is 1. The number of rotatable bonds is 2. The highest BCUT2D eigenvalue weighted by Gasteiger charge is 2.26. The van der Waals surface area contributed by atoms with Gasteiger partial charge in [-0.15, -0.1) is 0 Å². The maximum atomic E-state index is 12.9. The lowest BCUT2D eigenvalue weighted by molar-refractivity contribution is 0.154. The molecule has 0 radical (unpaired) electrons. The number of urea groups is 1. The van der Waals surface area contributed by atoms with Gasteiger partial charge in [-0.25, -0.2) is 9.18 Å². The maximum Gasteiger partial charge on any atom is 0.322 e. The Morgan fingerprint density at radius 1 is 1.63 bits per heavy atom. The zero-order valence-electron chi connectivity index (χ0n) is 10.1. The number of nitrogens with one attached hydrogen (secondary N) is 1. The van der Waals surface area contributed by atoms with Gasteiger partial charge in [0.1, 0.15) is 5.82 Å². The molecule has 2 N–H and O–H groups in total. The predicted molar refractivity (Wildman–Crippen MR) is 75.3 cm³/mol. The van der Waals surface area contributed by atoms with E-state index in [4.69, 9.17) is 11.6 Å². The van der Waals surface area contributed by atoms with Gasteiger partial charge in [-0.3, -0.25) is 0 Å². The molecule has 1 aliphatic rings. The van der Waals surface area contributed by atoms with Crippen molar-refractivity contribution in [2.24, 2.45) is 0 Å². The molecule has 1 fully saturated rings. The van der Waals surface area contributed by atoms with Crippen molar-refractivity contribution in [2.75, 3.05) is 30.0 Å². The van der Waals surface area contributed by atoms with Crippen molar-refractivity contribution in [3.63, 3.8) is 0 Å². The molecule has 2 rings (SSSR count). The van der Waals surface area contributed by atoms with Crippen molar-refractivity contribution in [2.45, 2.75) is 6.04 Å². The molecule has 1 aliphatic heterocycles. The Balaban J connectivity index is 2.07. The molecule has 0 aromatic heterocycles. The lowest BCUT2D eigenvalue weighted by atomic mass is 10.3. The average molecular weight is 305 g/mol. The van der Waals surface area contributed by atoms with Crippen molar-refractivity contribution >= 4 is 35.1 Å². The molecule has 104 valence electrons. The van der Waals surface area contributed by atoms with Crippen LogP contribution in [-0.4, -0.2) is 46.7 Å². The van der Waals surface area contributed by atoms with E-state index in [1.807, 2.05) is 0 Å². The largest absolute Gasteiger partial charge is 0.394 e. The molecule has 0 saturated carbocycles. The Labute approximate surface area is 119 Å². The summed E-state index contributed by atoms with van der Waals surface area (Å²) in [6.45, 7) is 0.498. The van der Waals surface area contributed by atoms with E-state index in [9.17, 15) is 14.3 Å². The van der Waals surface area contributed by atoms with Gasteiger partial charge in [0.15, 0.2) is 0 Å². The zero-order valence-corrected chi connectivity index (χ0v) is 11.7. The van der Waals surface area contributed by atoms with E-state index in [2.05, 4.69) is 5.32 Å². The molecule has 1 aromatic carbocycles. The highest BCUT2D eigenvalue weighted by Crippen LogP contribution is 2.24. The first-order chi connectivity index (χ1) is 9.11. The van der Waals surface area contributed by atoms with Gasteiger partial charge in [-0.2, -0.15) is 11.8 Å². The summed E-state index contributed by atoms with van der Waals surface area (Å²) in [4.78, 5) is 13.7. The molecule has 7 heteroatoms. The Kier molecular flexibility index (Phi) is 4.90. The molecule has 1 unspecified atom stereocenters. The van der Waals surface area contributed by atoms with Crippen molar-refractivity contribution in [1.82, 2.24) is 4.90 Å². The van der Waals surface area contributed by atoms with Crippen LogP contribution in [-0.2, 0) is 0 Å². The van der Waals surface area contributed by atoms with E-state index in [0.29, 0.717) is 18.0 Å². The summed E-state index contributed by atoms with van der Waals surface area (Å²) in [5.41, 5.74) is 0.364. The maximum absolute atomic E-state index is 12.9. The summed E-state index contributed by atoms with van der Waals surface area (Å²) in [6, 6.07) is 3.28. The molecule has 1 saturated heterocycles. The van der Waals surface area contributed by atoms with Crippen molar-refractivity contribution in [1.29, 1.82) is 0 Å². The summed E-state index contributed by atoms with van der Waals surface area (Å²) in [6.07, 6.45) is 0. The Hall–Kier alpha value is -0.980. The van der Waals surface area contributed by atoms with Gasteiger partial charge in [0.25, 0.3) is 0 Å². The molecule has 0 bridgehead atoms. The fourth-order valence-electron chi connectivity index (χ4n) is 1.85. The predicted octanol–water partition coefficient (Wildman–Crippen LogP) is 2.42. The van der Waals surface area contributed by atoms with Crippen LogP contribution in [0.3, 0.4) is 0 Å². The van der Waals surface area contributed by atoms with Crippen LogP contribution in [0.25, 0.3) is 0 Å². The second-order valence-electron chi connectivity index (χ2n) is 4.16. The van der Waals surface area contributed by atoms with Crippen LogP contribution in [0, 0.1) is 5.82 Å². The van der Waals surface area contributed by atoms with Gasteiger partial charge in [0.05, 0.1) is 23.4 Å². The number of thioether (sulfide) groups is 1. The number of benzene rings is 1. The average Bonchev–Trinajstić information content (AvgIpc) is 2.41. The van der Waals surface area contributed by atoms with Gasteiger partial charge in [-0.05, 0) is 18.2 Å². The lowest BCUT2D eigenvalue weighted by Gasteiger charge is -2.34. The molecule has 1 heterocycles. The summed E-state index contributed by atoms with van der Waals surface area (Å²) in [5, 5.41) is 12.0. The molecule has 0 spiro atoms. The van der Waals surface area contributed by atoms with E-state index >= 15 is 0 Å². The number of hydrogen-bond donors (Lipinski definition) is 2. The lowest BCUT2D eigenvalue weighted by Crippen LogP contribution is -2.49. The van der Waals surface area contributed by atoms with Gasteiger partial charge in [0, 0.05) is 18.1 Å². The first kappa shape index (κ1) is 14.4. The van der Waals surface area contributed by atoms with E-state index in [0.717, 1.165) is 11.8 Å². The molecule has 1 aromatic rings. The second kappa shape index (κ2) is 6.45. The number of nitrogens with zero attached hydrogens (tertiary/aromatic N) is 1. The highest BCUT2D eigenvalue weighted by molar-refractivity contribution is 7.99. The van der Waals surface area contributed by atoms with Crippen LogP contribution in [0.4, 0.5) is 14.9 Å². The third-order valence-corrected chi connectivity index (χ3v) is 4.28. The topological polar surface area (TPSA) is 52.6 Å². The van der Waals surface area contributed by atoms with Gasteiger partial charge < -0.3 is 15.3 Å². The summed E-state index contributed by atoms with van der Waals surface area (Å²) >= 11 is 7.56. The first-order valence-electron chi connectivity index (χ1n) is 5.83. The van der Waals surface area contributed by atoms with Crippen LogP contribution < -0.4 is 5.32 Å². The molecule has 1 atom stereocenters. The molecular weight excluding hydrogens is 291 g/mol. The van der Waals surface area contributed by atoms with Crippen molar-refractivity contribution in [3.05, 3.63) is 29.0 Å². The van der Waals surface area contributed by atoms with Crippen LogP contribution >= 0.6 is 23.4 Å². The van der Waals surface area contributed by atoms with E-state index < -0.39 is 5.82 Å². The number of hydrogen-bond acceptors (Lipinski definition) is 3. The molecule has 0 aliphatic carbocycles. The number of aliphatic hydroxyl groups excluding tert-OH is 1. The Morgan fingerprint density at radius 2 is 2.42 bits per heavy atom. The number of aliphatic hydroxyl groups is 1. The van der Waals surface area contributed by atoms with Crippen LogP contribution in [0.1, 0.15) is 0 Å². The van der Waals surface area contributed by atoms with Gasteiger partial charge in [0.2, 0.25) is 0 Å². The monoisotopic (exact) mass is 304 g/mol. The standard InChI is InChI=1S/C12H14ClFN2O2S/c13-10-5-8(14)1-2-11(10)15-12(18)16-3-4-19-7-9(16)6-17/h1-2,5,9,17H,3-4,6-7H2,(H,15,18). The first-order valence-corrected chi connectivity index (χ1v) is 7.36. The number of carbonyl (C=O) groups is 1. The smallest absolute Gasteiger partial charge is 0.322 e. The Morgan fingerprint density at radius 3 is 3.11 bits per heavy atom. The Bertz CT molecular complexity index is 475. The highest BCUT2D eigenvalue weighted by atomic mass is 35.5. The minimum atomic E-state index is -0.453. The van der Waals surface area contributed by atoms with Crippen LogP contribution in [0.5, 0.6) is 0 Å². The fourth-order valence-corrected chi connectivity index (χ4v) is 3.12. The normalized spacial score (nSPS) is 19.3. The van der Waals surface area contributed by atoms with E-state index in [1.54, 1.807) is 16.7 Å². The number of carbonyl (C=O) groups excluding carboxylic acids is 1. The number of amides is 2. The molecule has 19 heavy (non-hydrogen) atoms. The molecular formula is C12H14ClFN2O2S. The minimum absolute atomic E-state index is 0.0719. The third kappa shape index (κ3) is 3.52.